The fourth-order valence-electron chi connectivity index (χ4n) is 3.57. The Bertz CT molecular complexity index is 485. The van der Waals surface area contributed by atoms with E-state index in [1.807, 2.05) is 0 Å². The molecule has 4 heteroatoms. The molecular formula is C24H40O4. The maximum atomic E-state index is 12.1. The number of hydrogen-bond acceptors (Lipinski definition) is 3. The summed E-state index contributed by atoms with van der Waals surface area (Å²) in [6.07, 6.45) is 15.7. The largest absolute Gasteiger partial charge is 0.480 e. The van der Waals surface area contributed by atoms with Crippen LogP contribution in [0.3, 0.4) is 0 Å². The van der Waals surface area contributed by atoms with Gasteiger partial charge in [0.05, 0.1) is 0 Å². The number of hydrogen-bond donors (Lipinski definition) is 1. The third-order valence-corrected chi connectivity index (χ3v) is 5.41. The number of rotatable bonds is 19. The second kappa shape index (κ2) is 15.2. The van der Waals surface area contributed by atoms with Crippen molar-refractivity contribution in [3.63, 3.8) is 0 Å². The van der Waals surface area contributed by atoms with E-state index in [1.165, 1.54) is 51.4 Å². The van der Waals surface area contributed by atoms with E-state index >= 15 is 0 Å². The number of ketones is 2. The monoisotopic (exact) mass is 392 g/mol. The van der Waals surface area contributed by atoms with Crippen LogP contribution in [0.2, 0.25) is 0 Å². The molecule has 0 amide bonds. The highest BCUT2D eigenvalue weighted by atomic mass is 16.4. The quantitative estimate of drug-likeness (QED) is 0.159. The number of carbonyl (C=O) groups excluding carboxylic acids is 2. The van der Waals surface area contributed by atoms with Crippen LogP contribution in [0.1, 0.15) is 97.3 Å². The number of unbranched alkanes of at least 4 members (excludes halogenated alkanes) is 10. The summed E-state index contributed by atoms with van der Waals surface area (Å²) in [5, 5.41) is 9.49. The molecule has 0 fully saturated rings. The number of carbonyl (C=O) groups is 3. The molecule has 0 aliphatic carbocycles. The molecule has 0 aliphatic rings. The van der Waals surface area contributed by atoms with Crippen molar-refractivity contribution >= 4 is 17.5 Å². The zero-order valence-electron chi connectivity index (χ0n) is 18.0. The van der Waals surface area contributed by atoms with E-state index in [-0.39, 0.29) is 6.42 Å². The molecule has 0 saturated carbocycles. The summed E-state index contributed by atoms with van der Waals surface area (Å²) >= 11 is 0. The lowest BCUT2D eigenvalue weighted by molar-refractivity contribution is -0.157. The van der Waals surface area contributed by atoms with Crippen molar-refractivity contribution in [1.29, 1.82) is 0 Å². The van der Waals surface area contributed by atoms with Gasteiger partial charge in [0, 0.05) is 0 Å². The first kappa shape index (κ1) is 26.3. The van der Waals surface area contributed by atoms with Crippen LogP contribution in [0.15, 0.2) is 25.3 Å². The smallest absolute Gasteiger partial charge is 0.325 e. The molecule has 0 saturated heterocycles. The Labute approximate surface area is 171 Å². The molecule has 1 N–H and O–H groups in total. The average molecular weight is 393 g/mol. The van der Waals surface area contributed by atoms with E-state index in [4.69, 9.17) is 0 Å². The van der Waals surface area contributed by atoms with Crippen molar-refractivity contribution in [2.24, 2.45) is 11.3 Å². The highest BCUT2D eigenvalue weighted by molar-refractivity contribution is 6.27. The summed E-state index contributed by atoms with van der Waals surface area (Å²) in [7, 11) is 0. The summed E-state index contributed by atoms with van der Waals surface area (Å²) in [5.41, 5.74) is -2.04. The fraction of sp³-hybridized carbons (Fsp3) is 0.708. The second-order valence-corrected chi connectivity index (χ2v) is 8.17. The number of carboxylic acids is 1. The number of aliphatic carboxylic acids is 1. The predicted molar refractivity (Wildman–Crippen MR) is 115 cm³/mol. The van der Waals surface area contributed by atoms with Gasteiger partial charge in [0.15, 0.2) is 17.0 Å². The summed E-state index contributed by atoms with van der Waals surface area (Å²) in [6, 6.07) is 0. The van der Waals surface area contributed by atoms with Gasteiger partial charge in [0.25, 0.3) is 0 Å². The molecule has 0 aromatic rings. The van der Waals surface area contributed by atoms with E-state index in [9.17, 15) is 19.5 Å². The van der Waals surface area contributed by atoms with Gasteiger partial charge in [0.2, 0.25) is 0 Å². The van der Waals surface area contributed by atoms with Crippen molar-refractivity contribution in [3.05, 3.63) is 25.3 Å². The molecule has 160 valence electrons. The van der Waals surface area contributed by atoms with Gasteiger partial charge in [-0.3, -0.25) is 14.4 Å². The highest BCUT2D eigenvalue weighted by Crippen LogP contribution is 2.30. The lowest BCUT2D eigenvalue weighted by atomic mass is 9.74. The van der Waals surface area contributed by atoms with Gasteiger partial charge in [-0.2, -0.15) is 0 Å². The summed E-state index contributed by atoms with van der Waals surface area (Å²) in [5.74, 6) is -2.10. The van der Waals surface area contributed by atoms with E-state index in [2.05, 4.69) is 27.0 Å². The van der Waals surface area contributed by atoms with E-state index in [0.29, 0.717) is 6.42 Å². The van der Waals surface area contributed by atoms with Gasteiger partial charge < -0.3 is 5.11 Å². The zero-order valence-corrected chi connectivity index (χ0v) is 18.0. The van der Waals surface area contributed by atoms with Crippen molar-refractivity contribution < 1.29 is 19.5 Å². The van der Waals surface area contributed by atoms with Crippen molar-refractivity contribution in [1.82, 2.24) is 0 Å². The lowest BCUT2D eigenvalue weighted by Gasteiger charge is -2.23. The van der Waals surface area contributed by atoms with Crippen LogP contribution in [0.25, 0.3) is 0 Å². The maximum absolute atomic E-state index is 12.1. The fourth-order valence-corrected chi connectivity index (χ4v) is 3.57. The van der Waals surface area contributed by atoms with Gasteiger partial charge in [0.1, 0.15) is 0 Å². The van der Waals surface area contributed by atoms with Crippen molar-refractivity contribution in [3.8, 4) is 0 Å². The Kier molecular flexibility index (Phi) is 14.3. The molecule has 0 atom stereocenters. The first-order chi connectivity index (χ1) is 13.3. The minimum atomic E-state index is -2.04. The summed E-state index contributed by atoms with van der Waals surface area (Å²) in [4.78, 5) is 35.8. The normalized spacial score (nSPS) is 11.4. The Balaban J connectivity index is 3.97. The van der Waals surface area contributed by atoms with Crippen molar-refractivity contribution in [2.75, 3.05) is 0 Å². The molecule has 0 aliphatic heterocycles. The Morgan fingerprint density at radius 2 is 1.11 bits per heavy atom. The molecular weight excluding hydrogens is 352 g/mol. The average Bonchev–Trinajstić information content (AvgIpc) is 2.66. The summed E-state index contributed by atoms with van der Waals surface area (Å²) in [6.45, 7) is 11.2. The minimum absolute atomic E-state index is 0.00835. The molecule has 0 heterocycles. The van der Waals surface area contributed by atoms with Crippen LogP contribution in [0, 0.1) is 11.3 Å². The lowest BCUT2D eigenvalue weighted by Crippen LogP contribution is -2.45. The topological polar surface area (TPSA) is 71.4 Å². The molecule has 0 bridgehead atoms. The van der Waals surface area contributed by atoms with Crippen LogP contribution >= 0.6 is 0 Å². The Morgan fingerprint density at radius 3 is 1.43 bits per heavy atom. The molecule has 0 unspecified atom stereocenters. The van der Waals surface area contributed by atoms with Gasteiger partial charge in [-0.15, -0.1) is 0 Å². The third-order valence-electron chi connectivity index (χ3n) is 5.41. The Morgan fingerprint density at radius 1 is 0.750 bits per heavy atom. The molecule has 0 rings (SSSR count). The highest BCUT2D eigenvalue weighted by Gasteiger charge is 2.49. The first-order valence-corrected chi connectivity index (χ1v) is 10.9. The van der Waals surface area contributed by atoms with Crippen LogP contribution < -0.4 is 0 Å². The first-order valence-electron chi connectivity index (χ1n) is 10.9. The molecule has 0 aromatic heterocycles. The standard InChI is InChI=1S/C24H40O4/c1-5-21(25)24(23(27)28,22(26)6-2)19-17-15-13-11-9-7-8-10-12-14-16-18-20(3)4/h5-6,20H,1-2,7-19H2,3-4H3,(H,27,28). The maximum Gasteiger partial charge on any atom is 0.325 e. The number of carboxylic acid groups (broad SMARTS) is 1. The Hall–Kier alpha value is -1.71. The third kappa shape index (κ3) is 9.48. The van der Waals surface area contributed by atoms with Crippen LogP contribution in [-0.2, 0) is 14.4 Å². The van der Waals surface area contributed by atoms with Crippen LogP contribution in [-0.4, -0.2) is 22.6 Å². The number of allylic oxidation sites excluding steroid dienone is 2. The van der Waals surface area contributed by atoms with E-state index in [0.717, 1.165) is 37.3 Å². The van der Waals surface area contributed by atoms with Gasteiger partial charge in [-0.25, -0.2) is 0 Å². The SMILES string of the molecule is C=CC(=O)C(CCCCCCCCCCCCCC(C)C)(C(=O)O)C(=O)C=C. The molecule has 0 spiro atoms. The molecule has 0 aromatic carbocycles. The second-order valence-electron chi connectivity index (χ2n) is 8.17. The predicted octanol–water partition coefficient (Wildman–Crippen LogP) is 6.29. The molecule has 4 nitrogen and oxygen atoms in total. The minimum Gasteiger partial charge on any atom is -0.480 e. The van der Waals surface area contributed by atoms with Gasteiger partial charge in [-0.05, 0) is 24.5 Å². The zero-order chi connectivity index (χ0) is 21.4. The molecule has 0 radical (unpaired) electrons. The van der Waals surface area contributed by atoms with Gasteiger partial charge >= 0.3 is 5.97 Å². The molecule has 28 heavy (non-hydrogen) atoms. The van der Waals surface area contributed by atoms with Crippen LogP contribution in [0.4, 0.5) is 0 Å². The van der Waals surface area contributed by atoms with E-state index in [1.54, 1.807) is 0 Å². The van der Waals surface area contributed by atoms with E-state index < -0.39 is 23.0 Å². The van der Waals surface area contributed by atoms with Gasteiger partial charge in [-0.1, -0.05) is 104 Å². The summed E-state index contributed by atoms with van der Waals surface area (Å²) < 4.78 is 0. The van der Waals surface area contributed by atoms with Crippen molar-refractivity contribution in [2.45, 2.75) is 97.3 Å². The van der Waals surface area contributed by atoms with Crippen LogP contribution in [0.5, 0.6) is 0 Å².